The van der Waals surface area contributed by atoms with E-state index in [-0.39, 0.29) is 24.4 Å². The van der Waals surface area contributed by atoms with E-state index in [1.807, 2.05) is 42.5 Å². The highest BCUT2D eigenvalue weighted by atomic mass is 35.5. The van der Waals surface area contributed by atoms with E-state index in [0.29, 0.717) is 13.2 Å². The second kappa shape index (κ2) is 9.22. The van der Waals surface area contributed by atoms with Crippen molar-refractivity contribution in [2.24, 2.45) is 0 Å². The van der Waals surface area contributed by atoms with Gasteiger partial charge in [0.25, 0.3) is 5.91 Å². The standard InChI is InChI=1S/C21H24N2O3.ClH/c24-21(19-14-22-10-12-26-19)23-20(15-5-2-1-3-6-15)17-8-9-18-16(13-17)7-4-11-25-18;/h1-3,5-6,8-9,13,19-20,22H,4,7,10-12,14H2,(H,23,24);1H. The van der Waals surface area contributed by atoms with E-state index in [9.17, 15) is 4.79 Å². The molecule has 2 heterocycles. The Morgan fingerprint density at radius 2 is 1.96 bits per heavy atom. The Balaban J connectivity index is 0.00000210. The number of carbonyl (C=O) groups excluding carboxylic acids is 1. The maximum Gasteiger partial charge on any atom is 0.251 e. The molecule has 1 amide bonds. The van der Waals surface area contributed by atoms with E-state index in [2.05, 4.69) is 16.7 Å². The van der Waals surface area contributed by atoms with Crippen LogP contribution in [-0.4, -0.2) is 38.3 Å². The predicted octanol–water partition coefficient (Wildman–Crippen LogP) is 2.63. The van der Waals surface area contributed by atoms with Crippen LogP contribution in [0.25, 0.3) is 0 Å². The van der Waals surface area contributed by atoms with E-state index in [4.69, 9.17) is 9.47 Å². The predicted molar refractivity (Wildman–Crippen MR) is 107 cm³/mol. The molecule has 0 radical (unpaired) electrons. The number of aryl methyl sites for hydroxylation is 1. The van der Waals surface area contributed by atoms with Crippen LogP contribution in [0.2, 0.25) is 0 Å². The summed E-state index contributed by atoms with van der Waals surface area (Å²) in [5.74, 6) is 0.873. The van der Waals surface area contributed by atoms with Gasteiger partial charge in [-0.2, -0.15) is 0 Å². The first-order valence-corrected chi connectivity index (χ1v) is 9.24. The third-order valence-corrected chi connectivity index (χ3v) is 4.91. The SMILES string of the molecule is Cl.O=C(NC(c1ccccc1)c1ccc2c(c1)CCCO2)C1CNCCO1. The number of fused-ring (bicyclic) bond motifs is 1. The van der Waals surface area contributed by atoms with Crippen LogP contribution in [0.15, 0.2) is 48.5 Å². The van der Waals surface area contributed by atoms with Crippen molar-refractivity contribution >= 4 is 18.3 Å². The van der Waals surface area contributed by atoms with Gasteiger partial charge in [-0.25, -0.2) is 0 Å². The van der Waals surface area contributed by atoms with Gasteiger partial charge in [-0.05, 0) is 41.7 Å². The molecule has 2 atom stereocenters. The topological polar surface area (TPSA) is 59.6 Å². The van der Waals surface area contributed by atoms with Crippen molar-refractivity contribution < 1.29 is 14.3 Å². The van der Waals surface area contributed by atoms with E-state index in [0.717, 1.165) is 42.9 Å². The van der Waals surface area contributed by atoms with Crippen molar-refractivity contribution in [3.8, 4) is 5.75 Å². The molecule has 4 rings (SSSR count). The first kappa shape index (κ1) is 19.7. The molecule has 2 unspecified atom stereocenters. The molecule has 0 spiro atoms. The number of ether oxygens (including phenoxy) is 2. The molecule has 6 heteroatoms. The maximum absolute atomic E-state index is 12.7. The van der Waals surface area contributed by atoms with Crippen molar-refractivity contribution in [1.82, 2.24) is 10.6 Å². The van der Waals surface area contributed by atoms with Gasteiger partial charge in [-0.3, -0.25) is 4.79 Å². The van der Waals surface area contributed by atoms with Gasteiger partial charge in [0, 0.05) is 13.1 Å². The minimum absolute atomic E-state index is 0. The van der Waals surface area contributed by atoms with Gasteiger partial charge < -0.3 is 20.1 Å². The number of amides is 1. The third-order valence-electron chi connectivity index (χ3n) is 4.91. The molecule has 2 aromatic rings. The highest BCUT2D eigenvalue weighted by Crippen LogP contribution is 2.30. The molecule has 5 nitrogen and oxygen atoms in total. The lowest BCUT2D eigenvalue weighted by Crippen LogP contribution is -2.48. The van der Waals surface area contributed by atoms with E-state index >= 15 is 0 Å². The van der Waals surface area contributed by atoms with Crippen LogP contribution in [0, 0.1) is 0 Å². The molecule has 2 aromatic carbocycles. The van der Waals surface area contributed by atoms with E-state index in [1.54, 1.807) is 0 Å². The molecule has 144 valence electrons. The summed E-state index contributed by atoms with van der Waals surface area (Å²) in [6.45, 7) is 2.67. The highest BCUT2D eigenvalue weighted by molar-refractivity contribution is 5.85. The average Bonchev–Trinajstić information content (AvgIpc) is 2.73. The lowest BCUT2D eigenvalue weighted by atomic mass is 9.94. The van der Waals surface area contributed by atoms with Crippen LogP contribution < -0.4 is 15.4 Å². The van der Waals surface area contributed by atoms with Crippen molar-refractivity contribution in [2.45, 2.75) is 25.0 Å². The van der Waals surface area contributed by atoms with Gasteiger partial charge in [0.15, 0.2) is 0 Å². The van der Waals surface area contributed by atoms with E-state index < -0.39 is 6.10 Å². The summed E-state index contributed by atoms with van der Waals surface area (Å²) in [5, 5.41) is 6.39. The Morgan fingerprint density at radius 1 is 1.11 bits per heavy atom. The van der Waals surface area contributed by atoms with Crippen LogP contribution in [0.3, 0.4) is 0 Å². The van der Waals surface area contributed by atoms with Gasteiger partial charge in [-0.1, -0.05) is 36.4 Å². The molecule has 0 saturated carbocycles. The second-order valence-electron chi connectivity index (χ2n) is 6.74. The van der Waals surface area contributed by atoms with Crippen molar-refractivity contribution in [3.63, 3.8) is 0 Å². The first-order chi connectivity index (χ1) is 12.8. The fourth-order valence-corrected chi connectivity index (χ4v) is 3.53. The number of rotatable bonds is 4. The number of hydrogen-bond donors (Lipinski definition) is 2. The zero-order valence-electron chi connectivity index (χ0n) is 15.1. The monoisotopic (exact) mass is 388 g/mol. The van der Waals surface area contributed by atoms with Crippen LogP contribution >= 0.6 is 12.4 Å². The van der Waals surface area contributed by atoms with Crippen LogP contribution in [-0.2, 0) is 16.0 Å². The first-order valence-electron chi connectivity index (χ1n) is 9.24. The van der Waals surface area contributed by atoms with E-state index in [1.165, 1.54) is 5.56 Å². The number of hydrogen-bond acceptors (Lipinski definition) is 4. The quantitative estimate of drug-likeness (QED) is 0.845. The number of halogens is 1. The summed E-state index contributed by atoms with van der Waals surface area (Å²) in [7, 11) is 0. The van der Waals surface area contributed by atoms with Crippen LogP contribution in [0.1, 0.15) is 29.2 Å². The summed E-state index contributed by atoms with van der Waals surface area (Å²) in [5.41, 5.74) is 3.33. The van der Waals surface area contributed by atoms with Crippen molar-refractivity contribution in [3.05, 3.63) is 65.2 Å². The molecule has 0 bridgehead atoms. The lowest BCUT2D eigenvalue weighted by Gasteiger charge is -2.27. The molecule has 2 aliphatic rings. The lowest BCUT2D eigenvalue weighted by molar-refractivity contribution is -0.134. The smallest absolute Gasteiger partial charge is 0.251 e. The summed E-state index contributed by atoms with van der Waals surface area (Å²) in [6, 6.07) is 16.1. The van der Waals surface area contributed by atoms with Gasteiger partial charge in [0.2, 0.25) is 0 Å². The summed E-state index contributed by atoms with van der Waals surface area (Å²) in [4.78, 5) is 12.7. The zero-order valence-corrected chi connectivity index (χ0v) is 16.0. The number of morpholine rings is 1. The number of benzene rings is 2. The molecule has 1 fully saturated rings. The number of nitrogens with one attached hydrogen (secondary N) is 2. The largest absolute Gasteiger partial charge is 0.493 e. The van der Waals surface area contributed by atoms with Gasteiger partial charge in [0.05, 0.1) is 19.3 Å². The summed E-state index contributed by atoms with van der Waals surface area (Å²) >= 11 is 0. The summed E-state index contributed by atoms with van der Waals surface area (Å²) < 4.78 is 11.3. The fourth-order valence-electron chi connectivity index (χ4n) is 3.53. The summed E-state index contributed by atoms with van der Waals surface area (Å²) in [6.07, 6.45) is 1.59. The molecule has 2 N–H and O–H groups in total. The minimum Gasteiger partial charge on any atom is -0.493 e. The second-order valence-corrected chi connectivity index (χ2v) is 6.74. The van der Waals surface area contributed by atoms with Gasteiger partial charge in [-0.15, -0.1) is 12.4 Å². The Hall–Kier alpha value is -2.08. The van der Waals surface area contributed by atoms with Gasteiger partial charge >= 0.3 is 0 Å². The maximum atomic E-state index is 12.7. The van der Waals surface area contributed by atoms with Crippen molar-refractivity contribution in [2.75, 3.05) is 26.3 Å². The highest BCUT2D eigenvalue weighted by Gasteiger charge is 2.26. The normalized spacial score (nSPS) is 19.8. The minimum atomic E-state index is -0.448. The molecule has 2 aliphatic heterocycles. The Labute approximate surface area is 165 Å². The molecule has 1 saturated heterocycles. The number of carbonyl (C=O) groups is 1. The molecule has 27 heavy (non-hydrogen) atoms. The van der Waals surface area contributed by atoms with Crippen molar-refractivity contribution in [1.29, 1.82) is 0 Å². The average molecular weight is 389 g/mol. The molecule has 0 aromatic heterocycles. The zero-order chi connectivity index (χ0) is 17.8. The molecular weight excluding hydrogens is 364 g/mol. The van der Waals surface area contributed by atoms with Crippen LogP contribution in [0.4, 0.5) is 0 Å². The van der Waals surface area contributed by atoms with Gasteiger partial charge in [0.1, 0.15) is 11.9 Å². The fraction of sp³-hybridized carbons (Fsp3) is 0.381. The third kappa shape index (κ3) is 4.61. The van der Waals surface area contributed by atoms with Crippen LogP contribution in [0.5, 0.6) is 5.75 Å². The Morgan fingerprint density at radius 3 is 2.74 bits per heavy atom. The molecular formula is C21H25ClN2O3. The Bertz CT molecular complexity index is 763. The Kier molecular flexibility index (Phi) is 6.72. The molecule has 0 aliphatic carbocycles.